The number of nitrogens with one attached hydrogen (secondary N) is 2. The molecule has 0 unspecified atom stereocenters. The molecule has 0 saturated carbocycles. The van der Waals surface area contributed by atoms with Gasteiger partial charge in [0.2, 0.25) is 5.95 Å². The van der Waals surface area contributed by atoms with Crippen LogP contribution >= 0.6 is 0 Å². The average Bonchev–Trinajstić information content (AvgIpc) is 2.61. The molecule has 0 aliphatic heterocycles. The Labute approximate surface area is 141 Å². The summed E-state index contributed by atoms with van der Waals surface area (Å²) >= 11 is 0. The minimum absolute atomic E-state index is 0.411. The number of anilines is 3. The molecule has 0 bridgehead atoms. The second kappa shape index (κ2) is 7.50. The summed E-state index contributed by atoms with van der Waals surface area (Å²) in [6.07, 6.45) is 5.18. The van der Waals surface area contributed by atoms with Gasteiger partial charge in [0.05, 0.1) is 6.20 Å². The van der Waals surface area contributed by atoms with E-state index in [4.69, 9.17) is 0 Å². The van der Waals surface area contributed by atoms with E-state index in [-0.39, 0.29) is 0 Å². The molecule has 0 radical (unpaired) electrons. The number of benzene rings is 1. The molecular formula is C18H20N6. The monoisotopic (exact) mass is 320 g/mol. The van der Waals surface area contributed by atoms with Crippen LogP contribution in [-0.4, -0.2) is 20.2 Å². The van der Waals surface area contributed by atoms with E-state index in [2.05, 4.69) is 50.7 Å². The zero-order valence-corrected chi connectivity index (χ0v) is 13.8. The van der Waals surface area contributed by atoms with Crippen molar-refractivity contribution in [3.8, 4) is 0 Å². The zero-order valence-electron chi connectivity index (χ0n) is 13.8. The molecule has 6 heteroatoms. The summed E-state index contributed by atoms with van der Waals surface area (Å²) in [6, 6.07) is 12.1. The molecule has 0 fully saturated rings. The molecule has 2 N–H and O–H groups in total. The van der Waals surface area contributed by atoms with Crippen LogP contribution in [0.2, 0.25) is 0 Å². The van der Waals surface area contributed by atoms with E-state index < -0.39 is 0 Å². The molecule has 0 amide bonds. The van der Waals surface area contributed by atoms with Gasteiger partial charge in [0.1, 0.15) is 0 Å². The summed E-state index contributed by atoms with van der Waals surface area (Å²) in [5.74, 6) is 1.55. The first-order chi connectivity index (χ1) is 11.7. The molecule has 3 rings (SSSR count). The van der Waals surface area contributed by atoms with Crippen molar-refractivity contribution in [1.82, 2.24) is 20.2 Å². The van der Waals surface area contributed by atoms with Gasteiger partial charge in [0, 0.05) is 24.6 Å². The van der Waals surface area contributed by atoms with E-state index in [1.54, 1.807) is 12.4 Å². The van der Waals surface area contributed by atoms with Gasteiger partial charge < -0.3 is 10.6 Å². The first kappa shape index (κ1) is 15.9. The van der Waals surface area contributed by atoms with E-state index in [0.29, 0.717) is 24.2 Å². The lowest BCUT2D eigenvalue weighted by Crippen LogP contribution is -2.06. The SMILES string of the molecule is CC(C)c1ccccc1Nc1nncc(NCc2cccnc2)n1. The predicted molar refractivity (Wildman–Crippen MR) is 95.2 cm³/mol. The zero-order chi connectivity index (χ0) is 16.8. The first-order valence-electron chi connectivity index (χ1n) is 7.91. The molecule has 2 aromatic heterocycles. The Morgan fingerprint density at radius 3 is 2.71 bits per heavy atom. The Morgan fingerprint density at radius 2 is 1.92 bits per heavy atom. The van der Waals surface area contributed by atoms with Crippen molar-refractivity contribution in [3.05, 3.63) is 66.1 Å². The van der Waals surface area contributed by atoms with E-state index in [0.717, 1.165) is 11.3 Å². The summed E-state index contributed by atoms with van der Waals surface area (Å²) < 4.78 is 0. The van der Waals surface area contributed by atoms with Crippen LogP contribution in [-0.2, 0) is 6.54 Å². The fourth-order valence-corrected chi connectivity index (χ4v) is 2.37. The van der Waals surface area contributed by atoms with Gasteiger partial charge in [-0.15, -0.1) is 5.10 Å². The average molecular weight is 320 g/mol. The van der Waals surface area contributed by atoms with Crippen molar-refractivity contribution in [2.75, 3.05) is 10.6 Å². The number of nitrogens with zero attached hydrogens (tertiary/aromatic N) is 4. The normalized spacial score (nSPS) is 10.6. The third kappa shape index (κ3) is 4.04. The second-order valence-corrected chi connectivity index (χ2v) is 5.75. The predicted octanol–water partition coefficient (Wildman–Crippen LogP) is 3.75. The van der Waals surface area contributed by atoms with Gasteiger partial charge in [-0.25, -0.2) is 0 Å². The summed E-state index contributed by atoms with van der Waals surface area (Å²) in [5.41, 5.74) is 3.30. The number of hydrogen-bond donors (Lipinski definition) is 2. The summed E-state index contributed by atoms with van der Waals surface area (Å²) in [5, 5.41) is 14.6. The molecule has 0 saturated heterocycles. The highest BCUT2D eigenvalue weighted by Crippen LogP contribution is 2.25. The second-order valence-electron chi connectivity index (χ2n) is 5.75. The number of para-hydroxylation sites is 1. The molecule has 3 aromatic rings. The topological polar surface area (TPSA) is 75.6 Å². The minimum atomic E-state index is 0.411. The van der Waals surface area contributed by atoms with E-state index in [1.165, 1.54) is 5.56 Å². The van der Waals surface area contributed by atoms with Gasteiger partial charge in [0.15, 0.2) is 5.82 Å². The number of rotatable bonds is 6. The largest absolute Gasteiger partial charge is 0.364 e. The van der Waals surface area contributed by atoms with Gasteiger partial charge in [0.25, 0.3) is 0 Å². The highest BCUT2D eigenvalue weighted by Gasteiger charge is 2.08. The lowest BCUT2D eigenvalue weighted by Gasteiger charge is -2.13. The lowest BCUT2D eigenvalue weighted by atomic mass is 10.0. The first-order valence-corrected chi connectivity index (χ1v) is 7.91. The fourth-order valence-electron chi connectivity index (χ4n) is 2.37. The van der Waals surface area contributed by atoms with E-state index >= 15 is 0 Å². The third-order valence-electron chi connectivity index (χ3n) is 3.58. The lowest BCUT2D eigenvalue weighted by molar-refractivity contribution is 0.867. The van der Waals surface area contributed by atoms with Gasteiger partial charge in [-0.05, 0) is 29.2 Å². The number of hydrogen-bond acceptors (Lipinski definition) is 6. The highest BCUT2D eigenvalue weighted by atomic mass is 15.3. The third-order valence-corrected chi connectivity index (χ3v) is 3.58. The Balaban J connectivity index is 1.72. The van der Waals surface area contributed by atoms with Gasteiger partial charge in [-0.2, -0.15) is 10.1 Å². The maximum atomic E-state index is 4.47. The van der Waals surface area contributed by atoms with Crippen LogP contribution < -0.4 is 10.6 Å². The van der Waals surface area contributed by atoms with Crippen LogP contribution in [0.25, 0.3) is 0 Å². The highest BCUT2D eigenvalue weighted by molar-refractivity contribution is 5.59. The number of pyridine rings is 1. The molecule has 6 nitrogen and oxygen atoms in total. The quantitative estimate of drug-likeness (QED) is 0.720. The van der Waals surface area contributed by atoms with Crippen LogP contribution in [0.3, 0.4) is 0 Å². The molecule has 0 aliphatic carbocycles. The molecule has 0 spiro atoms. The van der Waals surface area contributed by atoms with Crippen LogP contribution in [0.15, 0.2) is 55.0 Å². The Bertz CT molecular complexity index is 788. The Kier molecular flexibility index (Phi) is 4.96. The molecule has 1 aromatic carbocycles. The van der Waals surface area contributed by atoms with Crippen LogP contribution in [0.4, 0.5) is 17.5 Å². The van der Waals surface area contributed by atoms with Gasteiger partial charge >= 0.3 is 0 Å². The van der Waals surface area contributed by atoms with Crippen LogP contribution in [0.1, 0.15) is 30.9 Å². The summed E-state index contributed by atoms with van der Waals surface area (Å²) in [6.45, 7) is 4.95. The Hall–Kier alpha value is -3.02. The smallest absolute Gasteiger partial charge is 0.249 e. The Morgan fingerprint density at radius 1 is 1.04 bits per heavy atom. The van der Waals surface area contributed by atoms with Crippen molar-refractivity contribution in [2.24, 2.45) is 0 Å². The maximum Gasteiger partial charge on any atom is 0.249 e. The van der Waals surface area contributed by atoms with Crippen molar-refractivity contribution in [1.29, 1.82) is 0 Å². The van der Waals surface area contributed by atoms with Crippen molar-refractivity contribution >= 4 is 17.5 Å². The maximum absolute atomic E-state index is 4.47. The summed E-state index contributed by atoms with van der Waals surface area (Å²) in [4.78, 5) is 8.56. The van der Waals surface area contributed by atoms with E-state index in [9.17, 15) is 0 Å². The molecule has 24 heavy (non-hydrogen) atoms. The van der Waals surface area contributed by atoms with Crippen molar-refractivity contribution in [3.63, 3.8) is 0 Å². The van der Waals surface area contributed by atoms with Crippen LogP contribution in [0.5, 0.6) is 0 Å². The fraction of sp³-hybridized carbons (Fsp3) is 0.222. The molecule has 2 heterocycles. The van der Waals surface area contributed by atoms with E-state index in [1.807, 2.05) is 36.5 Å². The van der Waals surface area contributed by atoms with Crippen molar-refractivity contribution < 1.29 is 0 Å². The van der Waals surface area contributed by atoms with Gasteiger partial charge in [-0.3, -0.25) is 4.98 Å². The summed E-state index contributed by atoms with van der Waals surface area (Å²) in [7, 11) is 0. The molecular weight excluding hydrogens is 300 g/mol. The standard InChI is InChI=1S/C18H20N6/c1-13(2)15-7-3-4-8-16(15)22-18-23-17(12-21-24-18)20-11-14-6-5-9-19-10-14/h3-10,12-13H,11H2,1-2H3,(H2,20,22,23,24). The van der Waals surface area contributed by atoms with Crippen LogP contribution in [0, 0.1) is 0 Å². The molecule has 0 atom stereocenters. The van der Waals surface area contributed by atoms with Gasteiger partial charge in [-0.1, -0.05) is 38.1 Å². The van der Waals surface area contributed by atoms with Crippen molar-refractivity contribution in [2.45, 2.75) is 26.3 Å². The molecule has 122 valence electrons. The number of aromatic nitrogens is 4. The molecule has 0 aliphatic rings. The minimum Gasteiger partial charge on any atom is -0.364 e.